The summed E-state index contributed by atoms with van der Waals surface area (Å²) in [5, 5.41) is 12.1. The molecule has 2 fully saturated rings. The van der Waals surface area contributed by atoms with Crippen LogP contribution in [0.2, 0.25) is 0 Å². The highest BCUT2D eigenvalue weighted by atomic mass is 16.5. The summed E-state index contributed by atoms with van der Waals surface area (Å²) < 4.78 is 6.00. The van der Waals surface area contributed by atoms with E-state index in [2.05, 4.69) is 5.32 Å². The van der Waals surface area contributed by atoms with E-state index in [1.165, 1.54) is 4.90 Å². The fourth-order valence-electron chi connectivity index (χ4n) is 2.39. The zero-order chi connectivity index (χ0) is 11.4. The number of piperidine rings is 2. The van der Waals surface area contributed by atoms with Gasteiger partial charge in [-0.15, -0.1) is 0 Å². The molecule has 0 atom stereocenters. The van der Waals surface area contributed by atoms with Gasteiger partial charge in [-0.25, -0.2) is 4.79 Å². The van der Waals surface area contributed by atoms with Crippen LogP contribution < -0.4 is 5.32 Å². The second kappa shape index (κ2) is 5.50. The lowest BCUT2D eigenvalue weighted by atomic mass is 10.1. The molecule has 0 aromatic rings. The summed E-state index contributed by atoms with van der Waals surface area (Å²) in [6.07, 6.45) is 3.69. The third kappa shape index (κ3) is 3.09. The second-order valence-electron chi connectivity index (χ2n) is 4.55. The van der Waals surface area contributed by atoms with Crippen molar-refractivity contribution in [2.24, 2.45) is 0 Å². The molecule has 0 unspecified atom stereocenters. The average molecular weight is 228 g/mol. The first-order valence-corrected chi connectivity index (χ1v) is 6.10. The number of hydrogen-bond acceptors (Lipinski definition) is 3. The lowest BCUT2D eigenvalue weighted by Gasteiger charge is -2.33. The largest absolute Gasteiger partial charge is 0.465 e. The highest BCUT2D eigenvalue weighted by Crippen LogP contribution is 2.18. The molecular formula is C11H20N2O3. The molecule has 2 N–H and O–H groups in total. The molecular weight excluding hydrogens is 208 g/mol. The van der Waals surface area contributed by atoms with Crippen LogP contribution in [0.3, 0.4) is 0 Å². The van der Waals surface area contributed by atoms with Gasteiger partial charge in [-0.05, 0) is 38.8 Å². The minimum absolute atomic E-state index is 0.263. The minimum Gasteiger partial charge on any atom is -0.465 e. The van der Waals surface area contributed by atoms with Crippen molar-refractivity contribution < 1.29 is 14.6 Å². The first kappa shape index (κ1) is 11.7. The van der Waals surface area contributed by atoms with Crippen molar-refractivity contribution in [3.8, 4) is 0 Å². The standard InChI is InChI=1S/C11H20N2O3/c14-11(15)13-7-3-10(4-8-13)16-9-1-5-12-6-2-9/h9-10,12H,1-8H2,(H,14,15). The van der Waals surface area contributed by atoms with Gasteiger partial charge in [0.25, 0.3) is 0 Å². The van der Waals surface area contributed by atoms with Gasteiger partial charge in [-0.3, -0.25) is 0 Å². The van der Waals surface area contributed by atoms with E-state index in [1.807, 2.05) is 0 Å². The molecule has 2 aliphatic rings. The molecule has 2 saturated heterocycles. The van der Waals surface area contributed by atoms with Crippen LogP contribution in [0.15, 0.2) is 0 Å². The normalized spacial score (nSPS) is 24.6. The molecule has 2 rings (SSSR count). The maximum Gasteiger partial charge on any atom is 0.407 e. The fourth-order valence-corrected chi connectivity index (χ4v) is 2.39. The van der Waals surface area contributed by atoms with Crippen LogP contribution in [-0.4, -0.2) is 54.5 Å². The highest BCUT2D eigenvalue weighted by Gasteiger charge is 2.25. The molecule has 0 aliphatic carbocycles. The van der Waals surface area contributed by atoms with E-state index in [1.54, 1.807) is 0 Å². The molecule has 5 nitrogen and oxygen atoms in total. The maximum atomic E-state index is 10.7. The number of amides is 1. The number of ether oxygens (including phenoxy) is 1. The number of rotatable bonds is 2. The molecule has 92 valence electrons. The van der Waals surface area contributed by atoms with Gasteiger partial charge < -0.3 is 20.1 Å². The summed E-state index contributed by atoms with van der Waals surface area (Å²) in [5.74, 6) is 0. The summed E-state index contributed by atoms with van der Waals surface area (Å²) in [4.78, 5) is 12.2. The molecule has 1 amide bonds. The highest BCUT2D eigenvalue weighted by molar-refractivity contribution is 5.64. The number of nitrogens with one attached hydrogen (secondary N) is 1. The van der Waals surface area contributed by atoms with E-state index >= 15 is 0 Å². The van der Waals surface area contributed by atoms with E-state index in [9.17, 15) is 4.79 Å². The topological polar surface area (TPSA) is 61.8 Å². The van der Waals surface area contributed by atoms with Gasteiger partial charge in [0.2, 0.25) is 0 Å². The SMILES string of the molecule is O=C(O)N1CCC(OC2CCNCC2)CC1. The summed E-state index contributed by atoms with van der Waals surface area (Å²) in [6.45, 7) is 3.31. The summed E-state index contributed by atoms with van der Waals surface area (Å²) >= 11 is 0. The van der Waals surface area contributed by atoms with E-state index < -0.39 is 6.09 Å². The van der Waals surface area contributed by atoms with E-state index in [4.69, 9.17) is 9.84 Å². The number of carbonyl (C=O) groups is 1. The van der Waals surface area contributed by atoms with Crippen molar-refractivity contribution >= 4 is 6.09 Å². The Labute approximate surface area is 95.8 Å². The molecule has 0 bridgehead atoms. The lowest BCUT2D eigenvalue weighted by Crippen LogP contribution is -2.42. The smallest absolute Gasteiger partial charge is 0.407 e. The monoisotopic (exact) mass is 228 g/mol. The third-order valence-electron chi connectivity index (χ3n) is 3.38. The average Bonchev–Trinajstić information content (AvgIpc) is 2.31. The Morgan fingerprint density at radius 2 is 1.69 bits per heavy atom. The van der Waals surface area contributed by atoms with Crippen LogP contribution in [0.1, 0.15) is 25.7 Å². The summed E-state index contributed by atoms with van der Waals surface area (Å²) in [7, 11) is 0. The molecule has 5 heteroatoms. The number of likely N-dealkylation sites (tertiary alicyclic amines) is 1. The maximum absolute atomic E-state index is 10.7. The van der Waals surface area contributed by atoms with Crippen molar-refractivity contribution in [2.75, 3.05) is 26.2 Å². The molecule has 0 saturated carbocycles. The van der Waals surface area contributed by atoms with Crippen LogP contribution in [0, 0.1) is 0 Å². The minimum atomic E-state index is -0.805. The van der Waals surface area contributed by atoms with Gasteiger partial charge in [0.05, 0.1) is 12.2 Å². The van der Waals surface area contributed by atoms with Crippen LogP contribution in [0.5, 0.6) is 0 Å². The Morgan fingerprint density at radius 3 is 2.25 bits per heavy atom. The Balaban J connectivity index is 1.70. The molecule has 0 aromatic carbocycles. The molecule has 0 spiro atoms. The first-order valence-electron chi connectivity index (χ1n) is 6.10. The summed E-state index contributed by atoms with van der Waals surface area (Å²) in [5.41, 5.74) is 0. The Morgan fingerprint density at radius 1 is 1.12 bits per heavy atom. The van der Waals surface area contributed by atoms with Crippen molar-refractivity contribution in [1.29, 1.82) is 0 Å². The molecule has 2 aliphatic heterocycles. The van der Waals surface area contributed by atoms with Crippen molar-refractivity contribution in [3.05, 3.63) is 0 Å². The van der Waals surface area contributed by atoms with Crippen molar-refractivity contribution in [1.82, 2.24) is 10.2 Å². The van der Waals surface area contributed by atoms with E-state index in [0.717, 1.165) is 38.8 Å². The van der Waals surface area contributed by atoms with Gasteiger partial charge in [0.1, 0.15) is 0 Å². The molecule has 16 heavy (non-hydrogen) atoms. The lowest BCUT2D eigenvalue weighted by molar-refractivity contribution is -0.0504. The van der Waals surface area contributed by atoms with Crippen LogP contribution in [-0.2, 0) is 4.74 Å². The van der Waals surface area contributed by atoms with Gasteiger partial charge in [-0.2, -0.15) is 0 Å². The quantitative estimate of drug-likeness (QED) is 0.737. The Hall–Kier alpha value is -0.810. The van der Waals surface area contributed by atoms with Gasteiger partial charge in [0, 0.05) is 13.1 Å². The number of carboxylic acid groups (broad SMARTS) is 1. The molecule has 0 radical (unpaired) electrons. The van der Waals surface area contributed by atoms with Gasteiger partial charge >= 0.3 is 6.09 Å². The Kier molecular flexibility index (Phi) is 4.01. The van der Waals surface area contributed by atoms with E-state index in [0.29, 0.717) is 19.2 Å². The Bertz CT molecular complexity index is 233. The first-order chi connectivity index (χ1) is 7.75. The van der Waals surface area contributed by atoms with E-state index in [-0.39, 0.29) is 6.10 Å². The zero-order valence-electron chi connectivity index (χ0n) is 9.52. The second-order valence-corrected chi connectivity index (χ2v) is 4.55. The third-order valence-corrected chi connectivity index (χ3v) is 3.38. The van der Waals surface area contributed by atoms with Crippen LogP contribution in [0.25, 0.3) is 0 Å². The van der Waals surface area contributed by atoms with Crippen LogP contribution in [0.4, 0.5) is 4.79 Å². The molecule has 2 heterocycles. The van der Waals surface area contributed by atoms with Gasteiger partial charge in [-0.1, -0.05) is 0 Å². The predicted molar refractivity (Wildman–Crippen MR) is 59.6 cm³/mol. The number of hydrogen-bond donors (Lipinski definition) is 2. The van der Waals surface area contributed by atoms with Gasteiger partial charge in [0.15, 0.2) is 0 Å². The predicted octanol–water partition coefficient (Wildman–Crippen LogP) is 0.897. The van der Waals surface area contributed by atoms with Crippen molar-refractivity contribution in [3.63, 3.8) is 0 Å². The summed E-state index contributed by atoms with van der Waals surface area (Å²) in [6, 6.07) is 0. The van der Waals surface area contributed by atoms with Crippen LogP contribution >= 0.6 is 0 Å². The molecule has 0 aromatic heterocycles. The fraction of sp³-hybridized carbons (Fsp3) is 0.909. The number of nitrogens with zero attached hydrogens (tertiary/aromatic N) is 1. The van der Waals surface area contributed by atoms with Crippen molar-refractivity contribution in [2.45, 2.75) is 37.9 Å². The zero-order valence-corrected chi connectivity index (χ0v) is 9.52.